The first-order valence-electron chi connectivity index (χ1n) is 7.35. The summed E-state index contributed by atoms with van der Waals surface area (Å²) in [5, 5.41) is 0. The quantitative estimate of drug-likeness (QED) is 0.757. The van der Waals surface area contributed by atoms with Crippen LogP contribution >= 0.6 is 0 Å². The van der Waals surface area contributed by atoms with Gasteiger partial charge in [0.2, 0.25) is 0 Å². The minimum Gasteiger partial charge on any atom is -0.464 e. The van der Waals surface area contributed by atoms with E-state index in [9.17, 15) is 4.79 Å². The maximum atomic E-state index is 12.3. The molecule has 2 aromatic rings. The Morgan fingerprint density at radius 1 is 1.30 bits per heavy atom. The van der Waals surface area contributed by atoms with E-state index in [0.717, 1.165) is 36.1 Å². The van der Waals surface area contributed by atoms with Gasteiger partial charge >= 0.3 is 5.97 Å². The van der Waals surface area contributed by atoms with E-state index in [1.54, 1.807) is 0 Å². The molecule has 0 saturated heterocycles. The van der Waals surface area contributed by atoms with Crippen LogP contribution in [0.5, 0.6) is 0 Å². The van der Waals surface area contributed by atoms with Gasteiger partial charge in [-0.1, -0.05) is 32.4 Å². The zero-order valence-electron chi connectivity index (χ0n) is 12.4. The molecule has 0 saturated carbocycles. The first kappa shape index (κ1) is 14.6. The molecule has 4 heteroatoms. The van der Waals surface area contributed by atoms with Gasteiger partial charge in [-0.3, -0.25) is 0 Å². The lowest BCUT2D eigenvalue weighted by Crippen LogP contribution is -2.23. The average molecular weight is 274 g/mol. The van der Waals surface area contributed by atoms with Gasteiger partial charge in [-0.25, -0.2) is 9.78 Å². The van der Waals surface area contributed by atoms with E-state index in [-0.39, 0.29) is 12.0 Å². The minimum absolute atomic E-state index is 0.160. The second-order valence-electron chi connectivity index (χ2n) is 4.80. The number of hydrogen-bond acceptors (Lipinski definition) is 3. The van der Waals surface area contributed by atoms with Crippen molar-refractivity contribution >= 4 is 17.0 Å². The third kappa shape index (κ3) is 2.69. The monoisotopic (exact) mass is 274 g/mol. The van der Waals surface area contributed by atoms with E-state index in [1.165, 1.54) is 0 Å². The van der Waals surface area contributed by atoms with Crippen molar-refractivity contribution in [3.8, 4) is 0 Å². The fourth-order valence-corrected chi connectivity index (χ4v) is 2.56. The summed E-state index contributed by atoms with van der Waals surface area (Å²) in [4.78, 5) is 16.9. The molecule has 1 aromatic carbocycles. The Kier molecular flexibility index (Phi) is 4.77. The maximum Gasteiger partial charge on any atom is 0.329 e. The topological polar surface area (TPSA) is 44.1 Å². The molecule has 1 aromatic heterocycles. The van der Waals surface area contributed by atoms with Crippen molar-refractivity contribution in [3.05, 3.63) is 30.1 Å². The van der Waals surface area contributed by atoms with E-state index in [4.69, 9.17) is 4.74 Å². The molecule has 108 valence electrons. The number of carbonyl (C=O) groups excluding carboxylic acids is 1. The van der Waals surface area contributed by atoms with Crippen molar-refractivity contribution in [2.75, 3.05) is 6.61 Å². The summed E-state index contributed by atoms with van der Waals surface area (Å²) < 4.78 is 7.29. The Hall–Kier alpha value is -1.84. The standard InChI is InChI=1S/C16H22N2O2/c1-4-9-14(16(19)20-6-3)18-13-11-8-7-10-12(13)17-15(18)5-2/h7-8,10-11,14H,4-6,9H2,1-3H3. The van der Waals surface area contributed by atoms with E-state index in [0.29, 0.717) is 6.61 Å². The minimum atomic E-state index is -0.276. The van der Waals surface area contributed by atoms with Crippen LogP contribution in [0.1, 0.15) is 45.5 Å². The predicted molar refractivity (Wildman–Crippen MR) is 79.7 cm³/mol. The lowest BCUT2D eigenvalue weighted by atomic mass is 10.1. The second-order valence-corrected chi connectivity index (χ2v) is 4.80. The van der Waals surface area contributed by atoms with Crippen molar-refractivity contribution < 1.29 is 9.53 Å². The van der Waals surface area contributed by atoms with Gasteiger partial charge in [-0.05, 0) is 25.5 Å². The average Bonchev–Trinajstić information content (AvgIpc) is 2.83. The first-order chi connectivity index (χ1) is 9.72. The number of carbonyl (C=O) groups is 1. The van der Waals surface area contributed by atoms with Crippen LogP contribution < -0.4 is 0 Å². The van der Waals surface area contributed by atoms with Gasteiger partial charge in [-0.2, -0.15) is 0 Å². The van der Waals surface area contributed by atoms with Gasteiger partial charge < -0.3 is 9.30 Å². The van der Waals surface area contributed by atoms with Crippen LogP contribution in [-0.2, 0) is 16.0 Å². The molecule has 4 nitrogen and oxygen atoms in total. The Balaban J connectivity index is 2.53. The van der Waals surface area contributed by atoms with Gasteiger partial charge in [0.25, 0.3) is 0 Å². The van der Waals surface area contributed by atoms with Crippen LogP contribution in [0, 0.1) is 0 Å². The summed E-state index contributed by atoms with van der Waals surface area (Å²) >= 11 is 0. The summed E-state index contributed by atoms with van der Waals surface area (Å²) in [6.45, 7) is 6.39. The van der Waals surface area contributed by atoms with Crippen molar-refractivity contribution in [2.24, 2.45) is 0 Å². The van der Waals surface area contributed by atoms with Crippen LogP contribution in [0.4, 0.5) is 0 Å². The summed E-state index contributed by atoms with van der Waals surface area (Å²) in [6.07, 6.45) is 2.50. The molecular weight excluding hydrogens is 252 g/mol. The number of imidazole rings is 1. The summed E-state index contributed by atoms with van der Waals surface area (Å²) in [7, 11) is 0. The molecule has 0 radical (unpaired) electrons. The highest BCUT2D eigenvalue weighted by Gasteiger charge is 2.25. The van der Waals surface area contributed by atoms with Crippen LogP contribution in [0.3, 0.4) is 0 Å². The smallest absolute Gasteiger partial charge is 0.329 e. The van der Waals surface area contributed by atoms with E-state index >= 15 is 0 Å². The number of fused-ring (bicyclic) bond motifs is 1. The molecule has 2 rings (SSSR count). The molecule has 20 heavy (non-hydrogen) atoms. The zero-order chi connectivity index (χ0) is 14.5. The molecule has 0 bridgehead atoms. The molecule has 0 amide bonds. The van der Waals surface area contributed by atoms with Crippen molar-refractivity contribution in [3.63, 3.8) is 0 Å². The van der Waals surface area contributed by atoms with Crippen LogP contribution in [0.25, 0.3) is 11.0 Å². The van der Waals surface area contributed by atoms with E-state index < -0.39 is 0 Å². The number of rotatable bonds is 6. The third-order valence-corrected chi connectivity index (χ3v) is 3.42. The number of benzene rings is 1. The Bertz CT molecular complexity index is 589. The molecule has 1 atom stereocenters. The highest BCUT2D eigenvalue weighted by molar-refractivity contribution is 5.81. The van der Waals surface area contributed by atoms with Gasteiger partial charge in [0.15, 0.2) is 0 Å². The third-order valence-electron chi connectivity index (χ3n) is 3.42. The number of esters is 1. The number of ether oxygens (including phenoxy) is 1. The Morgan fingerprint density at radius 2 is 2.05 bits per heavy atom. The Morgan fingerprint density at radius 3 is 2.70 bits per heavy atom. The van der Waals surface area contributed by atoms with E-state index in [2.05, 4.69) is 23.4 Å². The molecule has 0 N–H and O–H groups in total. The number of hydrogen-bond donors (Lipinski definition) is 0. The van der Waals surface area contributed by atoms with E-state index in [1.807, 2.05) is 31.2 Å². The van der Waals surface area contributed by atoms with Gasteiger partial charge in [0.05, 0.1) is 17.6 Å². The molecule has 0 aliphatic heterocycles. The normalized spacial score (nSPS) is 12.6. The second kappa shape index (κ2) is 6.55. The Labute approximate surface area is 119 Å². The summed E-state index contributed by atoms with van der Waals surface area (Å²) in [5.41, 5.74) is 1.95. The molecule has 0 fully saturated rings. The predicted octanol–water partition coefficient (Wildman–Crippen LogP) is 3.50. The van der Waals surface area contributed by atoms with Gasteiger partial charge in [0.1, 0.15) is 11.9 Å². The van der Waals surface area contributed by atoms with Crippen LogP contribution in [0.15, 0.2) is 24.3 Å². The molecule has 0 aliphatic carbocycles. The maximum absolute atomic E-state index is 12.3. The number of para-hydroxylation sites is 2. The fourth-order valence-electron chi connectivity index (χ4n) is 2.56. The molecule has 1 unspecified atom stereocenters. The fraction of sp³-hybridized carbons (Fsp3) is 0.500. The number of nitrogens with zero attached hydrogens (tertiary/aromatic N) is 2. The van der Waals surface area contributed by atoms with Crippen molar-refractivity contribution in [2.45, 2.75) is 46.1 Å². The highest BCUT2D eigenvalue weighted by Crippen LogP contribution is 2.25. The van der Waals surface area contributed by atoms with Crippen molar-refractivity contribution in [1.82, 2.24) is 9.55 Å². The van der Waals surface area contributed by atoms with Crippen molar-refractivity contribution in [1.29, 1.82) is 0 Å². The molecular formula is C16H22N2O2. The summed E-state index contributed by atoms with van der Waals surface area (Å²) in [5.74, 6) is 0.782. The zero-order valence-corrected chi connectivity index (χ0v) is 12.4. The first-order valence-corrected chi connectivity index (χ1v) is 7.35. The largest absolute Gasteiger partial charge is 0.464 e. The van der Waals surface area contributed by atoms with Gasteiger partial charge in [-0.15, -0.1) is 0 Å². The summed E-state index contributed by atoms with van der Waals surface area (Å²) in [6, 6.07) is 7.68. The molecule has 0 aliphatic rings. The highest BCUT2D eigenvalue weighted by atomic mass is 16.5. The number of aryl methyl sites for hydroxylation is 1. The lowest BCUT2D eigenvalue weighted by Gasteiger charge is -2.19. The molecule has 1 heterocycles. The van der Waals surface area contributed by atoms with Crippen LogP contribution in [0.2, 0.25) is 0 Å². The number of aromatic nitrogens is 2. The van der Waals surface area contributed by atoms with Crippen LogP contribution in [-0.4, -0.2) is 22.1 Å². The lowest BCUT2D eigenvalue weighted by molar-refractivity contribution is -0.147. The van der Waals surface area contributed by atoms with Gasteiger partial charge in [0, 0.05) is 6.42 Å². The molecule has 0 spiro atoms. The SMILES string of the molecule is CCCC(C(=O)OCC)n1c(CC)nc2ccccc21.